The molecular weight excluding hydrogens is 286 g/mol. The van der Waals surface area contributed by atoms with Crippen LogP contribution >= 0.6 is 0 Å². The van der Waals surface area contributed by atoms with Gasteiger partial charge in [0.1, 0.15) is 11.8 Å². The number of para-hydroxylation sites is 1. The van der Waals surface area contributed by atoms with E-state index in [4.69, 9.17) is 10.00 Å². The lowest BCUT2D eigenvalue weighted by atomic mass is 10.2. The van der Waals surface area contributed by atoms with Gasteiger partial charge in [0, 0.05) is 6.07 Å². The van der Waals surface area contributed by atoms with Gasteiger partial charge in [0.25, 0.3) is 11.6 Å². The molecule has 0 saturated heterocycles. The Bertz CT molecular complexity index is 752. The highest BCUT2D eigenvalue weighted by Gasteiger charge is 2.09. The number of hydrogen-bond acceptors (Lipinski definition) is 5. The maximum atomic E-state index is 11.8. The topological polar surface area (TPSA) is 105 Å². The first kappa shape index (κ1) is 15.0. The number of anilines is 1. The average molecular weight is 297 g/mol. The minimum atomic E-state index is -0.546. The lowest BCUT2D eigenvalue weighted by molar-refractivity contribution is -0.384. The summed E-state index contributed by atoms with van der Waals surface area (Å²) in [5.74, 6) is -0.243. The largest absolute Gasteiger partial charge is 0.484 e. The summed E-state index contributed by atoms with van der Waals surface area (Å²) in [4.78, 5) is 21.9. The molecular formula is C15H11N3O4. The van der Waals surface area contributed by atoms with Crippen molar-refractivity contribution < 1.29 is 14.5 Å². The van der Waals surface area contributed by atoms with E-state index in [1.807, 2.05) is 6.07 Å². The number of nitrogens with zero attached hydrogens (tertiary/aromatic N) is 2. The van der Waals surface area contributed by atoms with Crippen LogP contribution in [0.15, 0.2) is 48.5 Å². The second kappa shape index (κ2) is 6.85. The zero-order chi connectivity index (χ0) is 15.9. The Balaban J connectivity index is 1.97. The molecule has 0 atom stereocenters. The number of nitrogens with one attached hydrogen (secondary N) is 1. The Kier molecular flexibility index (Phi) is 4.67. The number of nitro benzene ring substituents is 1. The quantitative estimate of drug-likeness (QED) is 0.674. The molecule has 2 aromatic rings. The van der Waals surface area contributed by atoms with E-state index >= 15 is 0 Å². The standard InChI is InChI=1S/C15H11N3O4/c16-9-11-4-1-2-7-14(11)17-15(19)10-22-13-6-3-5-12(8-13)18(20)21/h1-8H,10H2,(H,17,19). The highest BCUT2D eigenvalue weighted by atomic mass is 16.6. The van der Waals surface area contributed by atoms with Crippen molar-refractivity contribution in [1.82, 2.24) is 0 Å². The van der Waals surface area contributed by atoms with Crippen LogP contribution in [0.25, 0.3) is 0 Å². The summed E-state index contributed by atoms with van der Waals surface area (Å²) in [6, 6.07) is 14.1. The number of hydrogen-bond donors (Lipinski definition) is 1. The third-order valence-electron chi connectivity index (χ3n) is 2.72. The number of amides is 1. The minimum absolute atomic E-state index is 0.118. The highest BCUT2D eigenvalue weighted by molar-refractivity contribution is 5.93. The van der Waals surface area contributed by atoms with E-state index < -0.39 is 10.8 Å². The van der Waals surface area contributed by atoms with E-state index in [9.17, 15) is 14.9 Å². The molecule has 0 saturated carbocycles. The fraction of sp³-hybridized carbons (Fsp3) is 0.0667. The average Bonchev–Trinajstić information content (AvgIpc) is 2.53. The van der Waals surface area contributed by atoms with Crippen LogP contribution in [0.3, 0.4) is 0 Å². The number of rotatable bonds is 5. The van der Waals surface area contributed by atoms with Gasteiger partial charge in [-0.3, -0.25) is 14.9 Å². The monoisotopic (exact) mass is 297 g/mol. The SMILES string of the molecule is N#Cc1ccccc1NC(=O)COc1cccc([N+](=O)[O-])c1. The Labute approximate surface area is 125 Å². The van der Waals surface area contributed by atoms with E-state index in [-0.39, 0.29) is 18.0 Å². The molecule has 2 rings (SSSR count). The summed E-state index contributed by atoms with van der Waals surface area (Å²) in [5, 5.41) is 22.1. The number of nitriles is 1. The van der Waals surface area contributed by atoms with Gasteiger partial charge in [-0.15, -0.1) is 0 Å². The molecule has 110 valence electrons. The number of carbonyl (C=O) groups is 1. The van der Waals surface area contributed by atoms with Gasteiger partial charge in [-0.2, -0.15) is 5.26 Å². The lowest BCUT2D eigenvalue weighted by Gasteiger charge is -2.08. The van der Waals surface area contributed by atoms with Crippen molar-refractivity contribution in [3.8, 4) is 11.8 Å². The van der Waals surface area contributed by atoms with Crippen molar-refractivity contribution in [2.24, 2.45) is 0 Å². The van der Waals surface area contributed by atoms with Gasteiger partial charge in [-0.25, -0.2) is 0 Å². The fourth-order valence-electron chi connectivity index (χ4n) is 1.71. The summed E-state index contributed by atoms with van der Waals surface area (Å²) in [7, 11) is 0. The first-order valence-electron chi connectivity index (χ1n) is 6.26. The van der Waals surface area contributed by atoms with Crippen LogP contribution in [0, 0.1) is 21.4 Å². The number of non-ortho nitro benzene ring substituents is 1. The van der Waals surface area contributed by atoms with Crippen LogP contribution in [0.5, 0.6) is 5.75 Å². The summed E-state index contributed by atoms with van der Waals surface area (Å²) in [6.07, 6.45) is 0. The number of ether oxygens (including phenoxy) is 1. The van der Waals surface area contributed by atoms with Crippen molar-refractivity contribution in [3.63, 3.8) is 0 Å². The molecule has 0 spiro atoms. The number of nitro groups is 1. The smallest absolute Gasteiger partial charge is 0.273 e. The molecule has 7 heteroatoms. The van der Waals surface area contributed by atoms with Gasteiger partial charge in [0.2, 0.25) is 0 Å². The van der Waals surface area contributed by atoms with Crippen LogP contribution < -0.4 is 10.1 Å². The van der Waals surface area contributed by atoms with Gasteiger partial charge >= 0.3 is 0 Å². The van der Waals surface area contributed by atoms with Crippen LogP contribution in [-0.2, 0) is 4.79 Å². The van der Waals surface area contributed by atoms with Crippen molar-refractivity contribution in [3.05, 3.63) is 64.2 Å². The Morgan fingerprint density at radius 1 is 1.27 bits per heavy atom. The van der Waals surface area contributed by atoms with E-state index in [2.05, 4.69) is 5.32 Å². The lowest BCUT2D eigenvalue weighted by Crippen LogP contribution is -2.20. The normalized spacial score (nSPS) is 9.59. The van der Waals surface area contributed by atoms with Crippen LogP contribution in [-0.4, -0.2) is 17.4 Å². The van der Waals surface area contributed by atoms with Crippen molar-refractivity contribution >= 4 is 17.3 Å². The first-order valence-corrected chi connectivity index (χ1v) is 6.26. The van der Waals surface area contributed by atoms with E-state index in [0.29, 0.717) is 11.3 Å². The van der Waals surface area contributed by atoms with Crippen molar-refractivity contribution in [2.75, 3.05) is 11.9 Å². The molecule has 0 aliphatic rings. The molecule has 0 aromatic heterocycles. The number of benzene rings is 2. The van der Waals surface area contributed by atoms with Gasteiger partial charge in [0.05, 0.1) is 22.2 Å². The highest BCUT2D eigenvalue weighted by Crippen LogP contribution is 2.19. The van der Waals surface area contributed by atoms with E-state index in [1.54, 1.807) is 24.3 Å². The Morgan fingerprint density at radius 2 is 2.05 bits per heavy atom. The Morgan fingerprint density at radius 3 is 2.77 bits per heavy atom. The molecule has 0 bridgehead atoms. The van der Waals surface area contributed by atoms with Gasteiger partial charge in [-0.1, -0.05) is 18.2 Å². The molecule has 1 amide bonds. The summed E-state index contributed by atoms with van der Waals surface area (Å²) in [6.45, 7) is -0.319. The molecule has 0 unspecified atom stereocenters. The third kappa shape index (κ3) is 3.80. The predicted molar refractivity (Wildman–Crippen MR) is 78.4 cm³/mol. The molecule has 1 N–H and O–H groups in total. The zero-order valence-electron chi connectivity index (χ0n) is 11.4. The van der Waals surface area contributed by atoms with Crippen molar-refractivity contribution in [1.29, 1.82) is 5.26 Å². The molecule has 0 heterocycles. The predicted octanol–water partition coefficient (Wildman–Crippen LogP) is 2.48. The minimum Gasteiger partial charge on any atom is -0.484 e. The zero-order valence-corrected chi connectivity index (χ0v) is 11.4. The second-order valence-electron chi connectivity index (χ2n) is 4.25. The second-order valence-corrected chi connectivity index (χ2v) is 4.25. The fourth-order valence-corrected chi connectivity index (χ4v) is 1.71. The molecule has 0 radical (unpaired) electrons. The maximum absolute atomic E-state index is 11.8. The van der Waals surface area contributed by atoms with Gasteiger partial charge in [-0.05, 0) is 18.2 Å². The van der Waals surface area contributed by atoms with E-state index in [1.165, 1.54) is 24.3 Å². The summed E-state index contributed by atoms with van der Waals surface area (Å²) < 4.78 is 5.20. The first-order chi connectivity index (χ1) is 10.6. The molecule has 0 aliphatic heterocycles. The summed E-state index contributed by atoms with van der Waals surface area (Å²) in [5.41, 5.74) is 0.608. The maximum Gasteiger partial charge on any atom is 0.273 e. The molecule has 0 aliphatic carbocycles. The molecule has 22 heavy (non-hydrogen) atoms. The molecule has 2 aromatic carbocycles. The molecule has 0 fully saturated rings. The van der Waals surface area contributed by atoms with Crippen LogP contribution in [0.4, 0.5) is 11.4 Å². The van der Waals surface area contributed by atoms with Crippen LogP contribution in [0.1, 0.15) is 5.56 Å². The van der Waals surface area contributed by atoms with Crippen LogP contribution in [0.2, 0.25) is 0 Å². The van der Waals surface area contributed by atoms with Gasteiger partial charge in [0.15, 0.2) is 6.61 Å². The van der Waals surface area contributed by atoms with E-state index in [0.717, 1.165) is 0 Å². The van der Waals surface area contributed by atoms with Crippen molar-refractivity contribution in [2.45, 2.75) is 0 Å². The number of carbonyl (C=O) groups excluding carboxylic acids is 1. The third-order valence-corrected chi connectivity index (χ3v) is 2.72. The summed E-state index contributed by atoms with van der Waals surface area (Å²) >= 11 is 0. The Hall–Kier alpha value is -3.40. The van der Waals surface area contributed by atoms with Gasteiger partial charge < -0.3 is 10.1 Å². The molecule has 7 nitrogen and oxygen atoms in total.